The van der Waals surface area contributed by atoms with E-state index in [0.29, 0.717) is 16.5 Å². The van der Waals surface area contributed by atoms with Gasteiger partial charge in [0.1, 0.15) is 0 Å². The van der Waals surface area contributed by atoms with Gasteiger partial charge in [0.25, 0.3) is 5.91 Å². The van der Waals surface area contributed by atoms with Crippen molar-refractivity contribution in [3.63, 3.8) is 0 Å². The average Bonchev–Trinajstić information content (AvgIpc) is 2.59. The zero-order valence-corrected chi connectivity index (χ0v) is 15.5. The van der Waals surface area contributed by atoms with E-state index in [9.17, 15) is 4.79 Å². The molecule has 7 heteroatoms. The summed E-state index contributed by atoms with van der Waals surface area (Å²) < 4.78 is 0. The molecule has 1 aliphatic rings. The van der Waals surface area contributed by atoms with Crippen molar-refractivity contribution in [2.75, 3.05) is 38.5 Å². The van der Waals surface area contributed by atoms with Crippen LogP contribution in [-0.4, -0.2) is 58.9 Å². The Morgan fingerprint density at radius 3 is 2.36 bits per heavy atom. The van der Waals surface area contributed by atoms with Crippen LogP contribution in [0.25, 0.3) is 0 Å². The second kappa shape index (κ2) is 7.37. The molecular weight excluding hydrogens is 338 g/mol. The van der Waals surface area contributed by atoms with Gasteiger partial charge in [-0.05, 0) is 38.1 Å². The van der Waals surface area contributed by atoms with Gasteiger partial charge in [-0.2, -0.15) is 0 Å². The third-order valence-corrected chi connectivity index (χ3v) is 4.66. The first-order valence-electron chi connectivity index (χ1n) is 8.27. The maximum atomic E-state index is 12.5. The van der Waals surface area contributed by atoms with Crippen molar-refractivity contribution in [1.82, 2.24) is 19.8 Å². The van der Waals surface area contributed by atoms with Crippen molar-refractivity contribution in [2.45, 2.75) is 13.8 Å². The summed E-state index contributed by atoms with van der Waals surface area (Å²) >= 11 is 6.30. The van der Waals surface area contributed by atoms with E-state index < -0.39 is 0 Å². The molecular formula is C18H22ClN5O. The largest absolute Gasteiger partial charge is 0.336 e. The summed E-state index contributed by atoms with van der Waals surface area (Å²) in [6.07, 6.45) is 3.13. The first kappa shape index (κ1) is 17.6. The summed E-state index contributed by atoms with van der Waals surface area (Å²) in [5.41, 5.74) is 3.40. The number of aryl methyl sites for hydroxylation is 2. The molecule has 0 aliphatic carbocycles. The Morgan fingerprint density at radius 2 is 1.76 bits per heavy atom. The van der Waals surface area contributed by atoms with Crippen LogP contribution in [0.2, 0.25) is 5.02 Å². The molecule has 1 saturated heterocycles. The quantitative estimate of drug-likeness (QED) is 0.913. The third kappa shape index (κ3) is 4.08. The molecule has 25 heavy (non-hydrogen) atoms. The van der Waals surface area contributed by atoms with Gasteiger partial charge in [-0.25, -0.2) is 9.97 Å². The van der Waals surface area contributed by atoms with Crippen molar-refractivity contribution >= 4 is 29.1 Å². The lowest BCUT2D eigenvalue weighted by Crippen LogP contribution is -2.47. The van der Waals surface area contributed by atoms with Crippen molar-refractivity contribution in [3.05, 3.63) is 46.2 Å². The summed E-state index contributed by atoms with van der Waals surface area (Å²) in [5, 5.41) is 3.76. The molecule has 132 valence electrons. The van der Waals surface area contributed by atoms with Crippen LogP contribution < -0.4 is 5.32 Å². The number of nitrogens with zero attached hydrogens (tertiary/aromatic N) is 4. The maximum Gasteiger partial charge on any atom is 0.257 e. The predicted molar refractivity (Wildman–Crippen MR) is 99.6 cm³/mol. The molecule has 1 fully saturated rings. The van der Waals surface area contributed by atoms with Gasteiger partial charge in [0, 0.05) is 38.6 Å². The lowest BCUT2D eigenvalue weighted by molar-refractivity contribution is 0.0663. The fraction of sp³-hybridized carbons (Fsp3) is 0.389. The standard InChI is InChI=1S/C18H22ClN5O/c1-12-8-13(2)16(15(19)9-12)22-18-20-10-14(11-21-18)17(25)24-6-4-23(3)5-7-24/h8-11H,4-7H2,1-3H3,(H,20,21,22). The number of aromatic nitrogens is 2. The van der Waals surface area contributed by atoms with E-state index in [1.54, 1.807) is 12.4 Å². The van der Waals surface area contributed by atoms with Crippen molar-refractivity contribution < 1.29 is 4.79 Å². The van der Waals surface area contributed by atoms with Gasteiger partial charge in [0.2, 0.25) is 5.95 Å². The SMILES string of the molecule is Cc1cc(C)c(Nc2ncc(C(=O)N3CCN(C)CC3)cn2)c(Cl)c1. The van der Waals surface area contributed by atoms with E-state index in [0.717, 1.165) is 43.0 Å². The molecule has 0 atom stereocenters. The molecule has 1 amide bonds. The van der Waals surface area contributed by atoms with Gasteiger partial charge in [-0.15, -0.1) is 0 Å². The van der Waals surface area contributed by atoms with E-state index in [1.165, 1.54) is 0 Å². The normalized spacial score (nSPS) is 15.3. The third-order valence-electron chi connectivity index (χ3n) is 4.36. The van der Waals surface area contributed by atoms with Gasteiger partial charge >= 0.3 is 0 Å². The van der Waals surface area contributed by atoms with Crippen molar-refractivity contribution in [2.24, 2.45) is 0 Å². The fourth-order valence-electron chi connectivity index (χ4n) is 2.88. The number of anilines is 2. The smallest absolute Gasteiger partial charge is 0.257 e. The number of piperazine rings is 1. The number of halogens is 1. The highest BCUT2D eigenvalue weighted by Crippen LogP contribution is 2.29. The molecule has 2 aromatic rings. The molecule has 2 heterocycles. The zero-order valence-electron chi connectivity index (χ0n) is 14.7. The van der Waals surface area contributed by atoms with Crippen LogP contribution in [0.3, 0.4) is 0 Å². The van der Waals surface area contributed by atoms with Gasteiger partial charge in [0.15, 0.2) is 0 Å². The maximum absolute atomic E-state index is 12.5. The number of carbonyl (C=O) groups is 1. The Labute approximate surface area is 152 Å². The van der Waals surface area contributed by atoms with Crippen LogP contribution in [0.1, 0.15) is 21.5 Å². The van der Waals surface area contributed by atoms with E-state index in [2.05, 4.69) is 27.2 Å². The summed E-state index contributed by atoms with van der Waals surface area (Å²) in [5.74, 6) is 0.396. The Morgan fingerprint density at radius 1 is 1.12 bits per heavy atom. The molecule has 0 unspecified atom stereocenters. The number of rotatable bonds is 3. The topological polar surface area (TPSA) is 61.4 Å². The summed E-state index contributed by atoms with van der Waals surface area (Å²) in [6.45, 7) is 7.21. The van der Waals surface area contributed by atoms with Crippen LogP contribution in [0.15, 0.2) is 24.5 Å². The summed E-state index contributed by atoms with van der Waals surface area (Å²) in [7, 11) is 2.06. The molecule has 0 saturated carbocycles. The van der Waals surface area contributed by atoms with E-state index in [-0.39, 0.29) is 5.91 Å². The first-order chi connectivity index (χ1) is 11.9. The van der Waals surface area contributed by atoms with Gasteiger partial charge in [-0.3, -0.25) is 4.79 Å². The number of hydrogen-bond acceptors (Lipinski definition) is 5. The lowest BCUT2D eigenvalue weighted by atomic mass is 10.1. The molecule has 3 rings (SSSR count). The lowest BCUT2D eigenvalue weighted by Gasteiger charge is -2.32. The van der Waals surface area contributed by atoms with E-state index in [1.807, 2.05) is 30.9 Å². The minimum Gasteiger partial charge on any atom is -0.336 e. The van der Waals surface area contributed by atoms with Crippen LogP contribution in [-0.2, 0) is 0 Å². The Hall–Kier alpha value is -2.18. The fourth-order valence-corrected chi connectivity index (χ4v) is 3.25. The Bertz CT molecular complexity index is 747. The number of likely N-dealkylation sites (N-methyl/N-ethyl adjacent to an activating group) is 1. The zero-order chi connectivity index (χ0) is 18.0. The number of carbonyl (C=O) groups excluding carboxylic acids is 1. The second-order valence-corrected chi connectivity index (χ2v) is 6.86. The molecule has 0 bridgehead atoms. The van der Waals surface area contributed by atoms with Crippen molar-refractivity contribution in [3.8, 4) is 0 Å². The number of amides is 1. The minimum atomic E-state index is -0.0239. The highest BCUT2D eigenvalue weighted by atomic mass is 35.5. The molecule has 1 aromatic heterocycles. The van der Waals surface area contributed by atoms with Gasteiger partial charge in [0.05, 0.1) is 16.3 Å². The minimum absolute atomic E-state index is 0.0239. The average molecular weight is 360 g/mol. The molecule has 6 nitrogen and oxygen atoms in total. The number of benzene rings is 1. The molecule has 1 N–H and O–H groups in total. The van der Waals surface area contributed by atoms with E-state index in [4.69, 9.17) is 11.6 Å². The Kier molecular flexibility index (Phi) is 5.20. The molecule has 1 aliphatic heterocycles. The number of nitrogens with one attached hydrogen (secondary N) is 1. The van der Waals surface area contributed by atoms with Crippen LogP contribution in [0.4, 0.5) is 11.6 Å². The second-order valence-electron chi connectivity index (χ2n) is 6.45. The highest BCUT2D eigenvalue weighted by molar-refractivity contribution is 6.33. The first-order valence-corrected chi connectivity index (χ1v) is 8.65. The van der Waals surface area contributed by atoms with Crippen LogP contribution in [0.5, 0.6) is 0 Å². The summed E-state index contributed by atoms with van der Waals surface area (Å²) in [6, 6.07) is 3.93. The highest BCUT2D eigenvalue weighted by Gasteiger charge is 2.21. The van der Waals surface area contributed by atoms with Gasteiger partial charge in [-0.1, -0.05) is 17.7 Å². The van der Waals surface area contributed by atoms with Crippen LogP contribution >= 0.6 is 11.6 Å². The summed E-state index contributed by atoms with van der Waals surface area (Å²) in [4.78, 5) is 25.1. The number of hydrogen-bond donors (Lipinski definition) is 1. The van der Waals surface area contributed by atoms with Crippen LogP contribution in [0, 0.1) is 13.8 Å². The molecule has 0 spiro atoms. The van der Waals surface area contributed by atoms with Crippen molar-refractivity contribution in [1.29, 1.82) is 0 Å². The molecule has 1 aromatic carbocycles. The predicted octanol–water partition coefficient (Wildman–Crippen LogP) is 2.88. The molecule has 0 radical (unpaired) electrons. The Balaban J connectivity index is 1.71. The monoisotopic (exact) mass is 359 g/mol. The van der Waals surface area contributed by atoms with E-state index >= 15 is 0 Å². The van der Waals surface area contributed by atoms with Gasteiger partial charge < -0.3 is 15.1 Å².